The van der Waals surface area contributed by atoms with Gasteiger partial charge < -0.3 is 19.1 Å². The fraction of sp³-hybridized carbons (Fsp3) is 0.682. The second-order valence-corrected chi connectivity index (χ2v) is 9.45. The summed E-state index contributed by atoms with van der Waals surface area (Å²) in [6.07, 6.45) is 5.05. The van der Waals surface area contributed by atoms with Gasteiger partial charge in [0.05, 0.1) is 38.7 Å². The van der Waals surface area contributed by atoms with Crippen LogP contribution in [0.5, 0.6) is 17.2 Å². The molecule has 2 heterocycles. The molecule has 2 aliphatic carbocycles. The van der Waals surface area contributed by atoms with Gasteiger partial charge >= 0.3 is 0 Å². The maximum Gasteiger partial charge on any atom is 0.174 e. The lowest BCUT2D eigenvalue weighted by Gasteiger charge is -2.59. The number of carbonyl (C=O) groups is 1. The third-order valence-corrected chi connectivity index (χ3v) is 7.78. The van der Waals surface area contributed by atoms with Crippen molar-refractivity contribution in [3.8, 4) is 17.2 Å². The van der Waals surface area contributed by atoms with Crippen LogP contribution in [0, 0.1) is 5.92 Å². The monoisotopic (exact) mass is 372 g/mol. The summed E-state index contributed by atoms with van der Waals surface area (Å²) in [6.45, 7) is 3.84. The smallest absolute Gasteiger partial charge is 0.174 e. The molecule has 0 radical (unpaired) electrons. The van der Waals surface area contributed by atoms with Crippen molar-refractivity contribution in [3.05, 3.63) is 17.2 Å². The first kappa shape index (κ1) is 17.4. The number of ketones is 1. The number of likely N-dealkylation sites (N-methyl/N-ethyl adjacent to an activating group) is 1. The lowest BCUT2D eigenvalue weighted by atomic mass is 9.51. The van der Waals surface area contributed by atoms with E-state index < -0.39 is 6.10 Å². The molecular formula is C22H30NO4+. The summed E-state index contributed by atoms with van der Waals surface area (Å²) >= 11 is 0. The number of quaternary nitrogens is 1. The summed E-state index contributed by atoms with van der Waals surface area (Å²) in [7, 11) is 4.64. The van der Waals surface area contributed by atoms with Crippen LogP contribution in [0.3, 0.4) is 0 Å². The zero-order chi connectivity index (χ0) is 19.0. The Morgan fingerprint density at radius 3 is 3.00 bits per heavy atom. The molecule has 4 aliphatic rings. The number of Topliss-reactive ketones (excluding diaryl/α,β-unsaturated/α-hetero) is 1. The number of piperidine rings is 1. The number of benzene rings is 1. The lowest BCUT2D eigenvalue weighted by molar-refractivity contribution is -0.927. The predicted molar refractivity (Wildman–Crippen MR) is 101 cm³/mol. The minimum absolute atomic E-state index is 0.133. The first-order valence-corrected chi connectivity index (χ1v) is 10.4. The number of phenolic OH excluding ortho intramolecular Hbond substituents is 1. The Kier molecular flexibility index (Phi) is 3.62. The second kappa shape index (κ2) is 5.63. The first-order valence-electron chi connectivity index (χ1n) is 10.4. The molecule has 2 aliphatic heterocycles. The maximum atomic E-state index is 12.8. The van der Waals surface area contributed by atoms with Crippen LogP contribution in [0.4, 0.5) is 0 Å². The van der Waals surface area contributed by atoms with Crippen LogP contribution in [-0.2, 0) is 16.6 Å². The molecule has 146 valence electrons. The molecule has 5 nitrogen and oxygen atoms in total. The van der Waals surface area contributed by atoms with Crippen LogP contribution >= 0.6 is 0 Å². The van der Waals surface area contributed by atoms with Gasteiger partial charge in [0.1, 0.15) is 5.75 Å². The number of hydrogen-bond donors (Lipinski definition) is 1. The van der Waals surface area contributed by atoms with Gasteiger partial charge in [-0.15, -0.1) is 0 Å². The van der Waals surface area contributed by atoms with Gasteiger partial charge in [-0.1, -0.05) is 13.3 Å². The molecule has 4 atom stereocenters. The Morgan fingerprint density at radius 1 is 1.41 bits per heavy atom. The van der Waals surface area contributed by atoms with E-state index in [1.165, 1.54) is 5.56 Å². The molecule has 27 heavy (non-hydrogen) atoms. The SMILES string of the molecule is CCCCOc1cc(O)c2c3c1C[C@@H]1[C@@H]4CCC(=O)[C@H](O2)[C@]34CC[N+]1(C)C. The molecule has 5 rings (SSSR count). The Bertz CT molecular complexity index is 817. The van der Waals surface area contributed by atoms with Crippen molar-refractivity contribution in [2.45, 2.75) is 63.0 Å². The third-order valence-electron chi connectivity index (χ3n) is 7.78. The molecular weight excluding hydrogens is 342 g/mol. The minimum Gasteiger partial charge on any atom is -0.504 e. The summed E-state index contributed by atoms with van der Waals surface area (Å²) in [5.74, 6) is 2.13. The average Bonchev–Trinajstić information content (AvgIpc) is 2.98. The van der Waals surface area contributed by atoms with E-state index in [1.807, 2.05) is 0 Å². The van der Waals surface area contributed by atoms with Crippen LogP contribution in [0.2, 0.25) is 0 Å². The van der Waals surface area contributed by atoms with Crippen molar-refractivity contribution in [3.63, 3.8) is 0 Å². The van der Waals surface area contributed by atoms with Gasteiger partial charge in [-0.3, -0.25) is 4.79 Å². The van der Waals surface area contributed by atoms with E-state index in [1.54, 1.807) is 6.07 Å². The summed E-state index contributed by atoms with van der Waals surface area (Å²) in [4.78, 5) is 12.8. The molecule has 5 heteroatoms. The third kappa shape index (κ3) is 2.12. The van der Waals surface area contributed by atoms with E-state index >= 15 is 0 Å². The fourth-order valence-electron chi connectivity index (χ4n) is 6.41. The number of hydrogen-bond acceptors (Lipinski definition) is 4. The number of carbonyl (C=O) groups excluding carboxylic acids is 1. The highest BCUT2D eigenvalue weighted by atomic mass is 16.5. The van der Waals surface area contributed by atoms with Gasteiger partial charge in [0.15, 0.2) is 23.4 Å². The van der Waals surface area contributed by atoms with Crippen molar-refractivity contribution in [1.29, 1.82) is 0 Å². The topological polar surface area (TPSA) is 55.8 Å². The van der Waals surface area contributed by atoms with Crippen LogP contribution in [0.1, 0.15) is 50.2 Å². The van der Waals surface area contributed by atoms with Crippen molar-refractivity contribution >= 4 is 5.78 Å². The van der Waals surface area contributed by atoms with Crippen LogP contribution < -0.4 is 9.47 Å². The largest absolute Gasteiger partial charge is 0.504 e. The van der Waals surface area contributed by atoms with Crippen molar-refractivity contribution in [1.82, 2.24) is 0 Å². The van der Waals surface area contributed by atoms with E-state index in [2.05, 4.69) is 21.0 Å². The number of aromatic hydroxyl groups is 1. The Morgan fingerprint density at radius 2 is 2.22 bits per heavy atom. The second-order valence-electron chi connectivity index (χ2n) is 9.45. The first-order chi connectivity index (χ1) is 12.9. The van der Waals surface area contributed by atoms with Crippen molar-refractivity contribution in [2.24, 2.45) is 5.92 Å². The zero-order valence-electron chi connectivity index (χ0n) is 16.6. The van der Waals surface area contributed by atoms with E-state index in [4.69, 9.17) is 9.47 Å². The molecule has 2 fully saturated rings. The van der Waals surface area contributed by atoms with Crippen LogP contribution in [0.25, 0.3) is 0 Å². The molecule has 0 aromatic heterocycles. The summed E-state index contributed by atoms with van der Waals surface area (Å²) in [6, 6.07) is 2.19. The number of phenols is 1. The highest BCUT2D eigenvalue weighted by Crippen LogP contribution is 2.65. The van der Waals surface area contributed by atoms with Gasteiger partial charge in [-0.25, -0.2) is 0 Å². The fourth-order valence-corrected chi connectivity index (χ4v) is 6.41. The molecule has 1 saturated heterocycles. The standard InChI is InChI=1S/C22H29NO4/c1-4-5-10-26-18-12-17(25)20-19-13(18)11-15-14-6-7-16(24)21(27-20)22(14,19)8-9-23(15,2)3/h12,14-15,21H,4-11H2,1-3H3/p+1/t14-,15+,21-,22-/m0/s1. The predicted octanol–water partition coefficient (Wildman–Crippen LogP) is 2.95. The maximum absolute atomic E-state index is 12.8. The van der Waals surface area contributed by atoms with Crippen LogP contribution in [-0.4, -0.2) is 54.8 Å². The van der Waals surface area contributed by atoms with Crippen molar-refractivity contribution in [2.75, 3.05) is 27.2 Å². The average molecular weight is 372 g/mol. The highest BCUT2D eigenvalue weighted by molar-refractivity contribution is 5.89. The Balaban J connectivity index is 1.71. The summed E-state index contributed by atoms with van der Waals surface area (Å²) in [5, 5.41) is 10.7. The van der Waals surface area contributed by atoms with Gasteiger partial charge in [-0.05, 0) is 12.8 Å². The highest BCUT2D eigenvalue weighted by Gasteiger charge is 2.69. The Labute approximate surface area is 160 Å². The van der Waals surface area contributed by atoms with Gasteiger partial charge in [0, 0.05) is 42.4 Å². The minimum atomic E-state index is -0.426. The molecule has 1 N–H and O–H groups in total. The number of likely N-dealkylation sites (tertiary alicyclic amines) is 1. The van der Waals surface area contributed by atoms with E-state index in [0.717, 1.165) is 54.4 Å². The van der Waals surface area contributed by atoms with Crippen molar-refractivity contribution < 1.29 is 23.9 Å². The molecule has 0 unspecified atom stereocenters. The molecule has 1 aromatic carbocycles. The number of rotatable bonds is 4. The summed E-state index contributed by atoms with van der Waals surface area (Å²) in [5.41, 5.74) is 2.02. The van der Waals surface area contributed by atoms with E-state index in [-0.39, 0.29) is 16.9 Å². The van der Waals surface area contributed by atoms with E-state index in [0.29, 0.717) is 30.7 Å². The van der Waals surface area contributed by atoms with Gasteiger partial charge in [0.25, 0.3) is 0 Å². The van der Waals surface area contributed by atoms with E-state index in [9.17, 15) is 9.90 Å². The molecule has 2 bridgehead atoms. The number of nitrogens with zero attached hydrogens (tertiary/aromatic N) is 1. The van der Waals surface area contributed by atoms with Crippen LogP contribution in [0.15, 0.2) is 6.07 Å². The number of ether oxygens (including phenoxy) is 2. The molecule has 1 aromatic rings. The zero-order valence-corrected chi connectivity index (χ0v) is 16.6. The quantitative estimate of drug-likeness (QED) is 0.652. The van der Waals surface area contributed by atoms with Gasteiger partial charge in [0.2, 0.25) is 0 Å². The molecule has 1 saturated carbocycles. The number of unbranched alkanes of at least 4 members (excludes halogenated alkanes) is 1. The normalized spacial score (nSPS) is 34.8. The summed E-state index contributed by atoms with van der Waals surface area (Å²) < 4.78 is 13.3. The Hall–Kier alpha value is -1.75. The van der Waals surface area contributed by atoms with Gasteiger partial charge in [-0.2, -0.15) is 0 Å². The lowest BCUT2D eigenvalue weighted by Crippen LogP contribution is -2.70. The molecule has 0 amide bonds. The molecule has 1 spiro atoms.